The average molecular weight is 388 g/mol. The zero-order valence-electron chi connectivity index (χ0n) is 17.0. The van der Waals surface area contributed by atoms with Gasteiger partial charge in [0.15, 0.2) is 8.32 Å². The summed E-state index contributed by atoms with van der Waals surface area (Å²) in [4.78, 5) is 0. The fraction of sp³-hybridized carbons (Fsp3) is 0.304. The summed E-state index contributed by atoms with van der Waals surface area (Å²) in [6.45, 7) is 7.84. The Morgan fingerprint density at radius 3 is 2.14 bits per heavy atom. The molecule has 0 saturated heterocycles. The molecule has 0 fully saturated rings. The van der Waals surface area contributed by atoms with E-state index in [1.807, 2.05) is 0 Å². The highest BCUT2D eigenvalue weighted by molar-refractivity contribution is 6.76. The Bertz CT molecular complexity index is 907. The van der Waals surface area contributed by atoms with Crippen LogP contribution in [0.4, 0.5) is 11.4 Å². The molecular formula is C23H29BN2OSi. The number of benzene rings is 3. The molecule has 28 heavy (non-hydrogen) atoms. The first-order chi connectivity index (χ1) is 13.6. The summed E-state index contributed by atoms with van der Waals surface area (Å²) < 4.78 is 6.32. The van der Waals surface area contributed by atoms with E-state index >= 15 is 0 Å². The molecule has 0 aromatic heterocycles. The average Bonchev–Trinajstić information content (AvgIpc) is 2.69. The van der Waals surface area contributed by atoms with E-state index < -0.39 is 8.32 Å². The Morgan fingerprint density at radius 1 is 0.893 bits per heavy atom. The molecule has 0 amide bonds. The topological polar surface area (TPSA) is 33.3 Å². The Morgan fingerprint density at radius 2 is 1.54 bits per heavy atom. The molecule has 0 aliphatic carbocycles. The number of hydrogen-bond acceptors (Lipinski definition) is 3. The van der Waals surface area contributed by atoms with Crippen LogP contribution in [0.5, 0.6) is 0 Å². The van der Waals surface area contributed by atoms with Crippen LogP contribution in [-0.2, 0) is 10.8 Å². The van der Waals surface area contributed by atoms with Crippen molar-refractivity contribution in [1.82, 2.24) is 0 Å². The summed E-state index contributed by atoms with van der Waals surface area (Å²) in [5.74, 6) is 0. The Labute approximate surface area is 169 Å². The van der Waals surface area contributed by atoms with Gasteiger partial charge >= 0.3 is 6.98 Å². The molecule has 5 heteroatoms. The Balaban J connectivity index is 1.58. The number of nitrogens with one attached hydrogen (secondary N) is 2. The second kappa shape index (κ2) is 8.02. The van der Waals surface area contributed by atoms with Crippen LogP contribution in [-0.4, -0.2) is 21.9 Å². The van der Waals surface area contributed by atoms with Crippen LogP contribution < -0.4 is 10.5 Å². The second-order valence-corrected chi connectivity index (χ2v) is 12.5. The summed E-state index contributed by atoms with van der Waals surface area (Å²) in [5, 5.41) is 10.1. The summed E-state index contributed by atoms with van der Waals surface area (Å²) >= 11 is 0. The first-order valence-electron chi connectivity index (χ1n) is 10.3. The number of anilines is 2. The first-order valence-corrected chi connectivity index (χ1v) is 13.3. The Kier molecular flexibility index (Phi) is 5.47. The molecule has 1 atom stereocenters. The van der Waals surface area contributed by atoms with E-state index in [4.69, 9.17) is 4.43 Å². The van der Waals surface area contributed by atoms with Gasteiger partial charge in [-0.1, -0.05) is 54.6 Å². The van der Waals surface area contributed by atoms with Gasteiger partial charge in [0.2, 0.25) is 0 Å². The van der Waals surface area contributed by atoms with Crippen LogP contribution in [0.3, 0.4) is 0 Å². The van der Waals surface area contributed by atoms with Gasteiger partial charge in [-0.05, 0) is 61.4 Å². The van der Waals surface area contributed by atoms with Crippen LogP contribution in [0.15, 0.2) is 66.7 Å². The fourth-order valence-corrected chi connectivity index (χ4v) is 6.91. The van der Waals surface area contributed by atoms with E-state index in [1.54, 1.807) is 0 Å². The van der Waals surface area contributed by atoms with Gasteiger partial charge in [0.05, 0.1) is 0 Å². The van der Waals surface area contributed by atoms with Crippen molar-refractivity contribution in [3.05, 3.63) is 72.3 Å². The first kappa shape index (κ1) is 19.1. The SMILES string of the molecule is CCO[Si](C)(C)C(CB1Nc2cccc3cccc(c23)N1)Cc1ccccc1. The lowest BCUT2D eigenvalue weighted by atomic mass is 9.68. The van der Waals surface area contributed by atoms with Gasteiger partial charge in [-0.3, -0.25) is 0 Å². The molecular weight excluding hydrogens is 359 g/mol. The van der Waals surface area contributed by atoms with Crippen LogP contribution in [0.2, 0.25) is 25.0 Å². The van der Waals surface area contributed by atoms with Gasteiger partial charge in [-0.2, -0.15) is 0 Å². The molecule has 1 aliphatic rings. The minimum Gasteiger partial charge on any atom is -0.417 e. The van der Waals surface area contributed by atoms with Crippen molar-refractivity contribution < 1.29 is 4.43 Å². The maximum Gasteiger partial charge on any atom is 0.370 e. The number of rotatable bonds is 7. The van der Waals surface area contributed by atoms with Crippen LogP contribution >= 0.6 is 0 Å². The van der Waals surface area contributed by atoms with Crippen molar-refractivity contribution >= 4 is 37.4 Å². The van der Waals surface area contributed by atoms with Gasteiger partial charge < -0.3 is 14.9 Å². The molecule has 3 aromatic carbocycles. The standard InChI is InChI=1S/C23H29BN2OSi/c1-4-27-28(2,3)20(16-18-10-6-5-7-11-18)17-24-25-21-14-8-12-19-13-9-15-22(26-24)23(19)21/h5-15,20,25-26H,4,16-17H2,1-3H3. The van der Waals surface area contributed by atoms with Gasteiger partial charge in [-0.25, -0.2) is 0 Å². The van der Waals surface area contributed by atoms with Crippen molar-refractivity contribution in [2.24, 2.45) is 0 Å². The van der Waals surface area contributed by atoms with Gasteiger partial charge in [0, 0.05) is 23.4 Å². The monoisotopic (exact) mass is 388 g/mol. The van der Waals surface area contributed by atoms with Crippen molar-refractivity contribution in [3.63, 3.8) is 0 Å². The molecule has 0 spiro atoms. The van der Waals surface area contributed by atoms with Crippen LogP contribution in [0.25, 0.3) is 10.8 Å². The normalized spacial score (nSPS) is 14.5. The lowest BCUT2D eigenvalue weighted by molar-refractivity contribution is 0.320. The molecule has 1 aliphatic heterocycles. The maximum absolute atomic E-state index is 6.32. The summed E-state index contributed by atoms with van der Waals surface area (Å²) in [6.07, 6.45) is 2.10. The summed E-state index contributed by atoms with van der Waals surface area (Å²) in [5.41, 5.74) is 4.37. The van der Waals surface area contributed by atoms with Crippen LogP contribution in [0.1, 0.15) is 12.5 Å². The predicted octanol–water partition coefficient (Wildman–Crippen LogP) is 6.02. The third-order valence-electron chi connectivity index (χ3n) is 5.91. The second-order valence-electron chi connectivity index (χ2n) is 8.21. The van der Waals surface area contributed by atoms with E-state index in [-0.39, 0.29) is 6.98 Å². The lowest BCUT2D eigenvalue weighted by Crippen LogP contribution is -2.45. The highest BCUT2D eigenvalue weighted by atomic mass is 28.4. The zero-order valence-corrected chi connectivity index (χ0v) is 18.0. The van der Waals surface area contributed by atoms with E-state index in [1.165, 1.54) is 27.7 Å². The molecule has 0 bridgehead atoms. The molecule has 2 N–H and O–H groups in total. The predicted molar refractivity (Wildman–Crippen MR) is 125 cm³/mol. The highest BCUT2D eigenvalue weighted by Gasteiger charge is 2.37. The van der Waals surface area contributed by atoms with E-state index in [0.717, 1.165) is 19.3 Å². The molecule has 0 saturated carbocycles. The minimum absolute atomic E-state index is 0.210. The molecule has 3 nitrogen and oxygen atoms in total. The van der Waals surface area contributed by atoms with Crippen LogP contribution in [0, 0.1) is 0 Å². The van der Waals surface area contributed by atoms with Crippen molar-refractivity contribution in [2.75, 3.05) is 17.1 Å². The van der Waals surface area contributed by atoms with Gasteiger partial charge in [0.1, 0.15) is 0 Å². The molecule has 144 valence electrons. The minimum atomic E-state index is -1.83. The number of hydrogen-bond donors (Lipinski definition) is 2. The quantitative estimate of drug-likeness (QED) is 0.486. The molecule has 1 heterocycles. The van der Waals surface area contributed by atoms with Crippen molar-refractivity contribution in [3.8, 4) is 0 Å². The third-order valence-corrected chi connectivity index (χ3v) is 9.35. The van der Waals surface area contributed by atoms with Crippen molar-refractivity contribution in [2.45, 2.75) is 38.3 Å². The van der Waals surface area contributed by atoms with E-state index in [9.17, 15) is 0 Å². The fourth-order valence-electron chi connectivity index (χ4n) is 4.40. The van der Waals surface area contributed by atoms with Gasteiger partial charge in [-0.15, -0.1) is 0 Å². The van der Waals surface area contributed by atoms with Crippen molar-refractivity contribution in [1.29, 1.82) is 0 Å². The van der Waals surface area contributed by atoms with Gasteiger partial charge in [0.25, 0.3) is 0 Å². The smallest absolute Gasteiger partial charge is 0.370 e. The highest BCUT2D eigenvalue weighted by Crippen LogP contribution is 2.38. The largest absolute Gasteiger partial charge is 0.417 e. The third kappa shape index (κ3) is 3.96. The molecule has 3 aromatic rings. The van der Waals surface area contributed by atoms with E-state index in [2.05, 4.69) is 97.2 Å². The van der Waals surface area contributed by atoms with E-state index in [0.29, 0.717) is 5.54 Å². The molecule has 0 radical (unpaired) electrons. The zero-order chi connectivity index (χ0) is 19.6. The Hall–Kier alpha value is -2.24. The molecule has 1 unspecified atom stereocenters. The lowest BCUT2D eigenvalue weighted by Gasteiger charge is -2.35. The summed E-state index contributed by atoms with van der Waals surface area (Å²) in [7, 11) is -1.83. The summed E-state index contributed by atoms with van der Waals surface area (Å²) in [6, 6.07) is 23.8. The molecule has 4 rings (SSSR count). The maximum atomic E-state index is 6.32.